The molecule has 1 aromatic heterocycles. The molecule has 0 saturated carbocycles. The summed E-state index contributed by atoms with van der Waals surface area (Å²) < 4.78 is 7.38. The standard InChI is InChI=1S/C15H14N2O/c1-2-18-14-8-9-15-12(10-14)11-17(16-15)13-6-4-3-5-7-13/h3-11H,2H2,1H3. The van der Waals surface area contributed by atoms with Crippen molar-refractivity contribution in [2.45, 2.75) is 6.92 Å². The highest BCUT2D eigenvalue weighted by Crippen LogP contribution is 2.21. The largest absolute Gasteiger partial charge is 0.494 e. The van der Waals surface area contributed by atoms with Gasteiger partial charge < -0.3 is 4.74 Å². The third-order valence-corrected chi connectivity index (χ3v) is 2.81. The van der Waals surface area contributed by atoms with Gasteiger partial charge >= 0.3 is 0 Å². The number of fused-ring (bicyclic) bond motifs is 1. The van der Waals surface area contributed by atoms with Gasteiger partial charge in [-0.25, -0.2) is 4.68 Å². The number of aromatic nitrogens is 2. The number of benzene rings is 2. The summed E-state index contributed by atoms with van der Waals surface area (Å²) in [5.41, 5.74) is 2.04. The molecule has 0 amide bonds. The third kappa shape index (κ3) is 1.95. The average Bonchev–Trinajstić information content (AvgIpc) is 2.83. The quantitative estimate of drug-likeness (QED) is 0.699. The van der Waals surface area contributed by atoms with Gasteiger partial charge in [-0.3, -0.25) is 0 Å². The van der Waals surface area contributed by atoms with Crippen LogP contribution < -0.4 is 4.74 Å². The van der Waals surface area contributed by atoms with Gasteiger partial charge in [-0.15, -0.1) is 0 Å². The van der Waals surface area contributed by atoms with Crippen molar-refractivity contribution in [1.82, 2.24) is 9.78 Å². The Bertz CT molecular complexity index is 659. The Morgan fingerprint density at radius 1 is 1.11 bits per heavy atom. The molecule has 18 heavy (non-hydrogen) atoms. The molecule has 1 heterocycles. The van der Waals surface area contributed by atoms with Crippen molar-refractivity contribution in [3.63, 3.8) is 0 Å². The topological polar surface area (TPSA) is 27.1 Å². The zero-order chi connectivity index (χ0) is 12.4. The van der Waals surface area contributed by atoms with Crippen molar-refractivity contribution in [3.05, 3.63) is 54.7 Å². The van der Waals surface area contributed by atoms with E-state index >= 15 is 0 Å². The number of nitrogens with zero attached hydrogens (tertiary/aromatic N) is 2. The van der Waals surface area contributed by atoms with Crippen LogP contribution in [-0.2, 0) is 0 Å². The lowest BCUT2D eigenvalue weighted by molar-refractivity contribution is 0.341. The molecule has 90 valence electrons. The average molecular weight is 238 g/mol. The van der Waals surface area contributed by atoms with Gasteiger partial charge in [0.1, 0.15) is 5.75 Å². The van der Waals surface area contributed by atoms with E-state index in [1.165, 1.54) is 0 Å². The number of hydrogen-bond donors (Lipinski definition) is 0. The Morgan fingerprint density at radius 2 is 1.94 bits per heavy atom. The highest BCUT2D eigenvalue weighted by Gasteiger charge is 2.03. The van der Waals surface area contributed by atoms with Gasteiger partial charge in [0, 0.05) is 11.6 Å². The maximum Gasteiger partial charge on any atom is 0.120 e. The highest BCUT2D eigenvalue weighted by molar-refractivity contribution is 5.80. The fourth-order valence-corrected chi connectivity index (χ4v) is 1.97. The molecular weight excluding hydrogens is 224 g/mol. The lowest BCUT2D eigenvalue weighted by Gasteiger charge is -2.00. The predicted molar refractivity (Wildman–Crippen MR) is 72.2 cm³/mol. The van der Waals surface area contributed by atoms with Gasteiger partial charge in [-0.05, 0) is 37.3 Å². The van der Waals surface area contributed by atoms with Crippen LogP contribution in [0.15, 0.2) is 54.7 Å². The molecule has 0 aliphatic rings. The summed E-state index contributed by atoms with van der Waals surface area (Å²) in [5.74, 6) is 0.887. The van der Waals surface area contributed by atoms with Gasteiger partial charge in [0.25, 0.3) is 0 Å². The van der Waals surface area contributed by atoms with Crippen LogP contribution in [0, 0.1) is 0 Å². The first kappa shape index (κ1) is 10.8. The van der Waals surface area contributed by atoms with Crippen molar-refractivity contribution in [2.24, 2.45) is 0 Å². The summed E-state index contributed by atoms with van der Waals surface area (Å²) in [4.78, 5) is 0. The molecule has 0 aliphatic heterocycles. The molecular formula is C15H14N2O. The highest BCUT2D eigenvalue weighted by atomic mass is 16.5. The van der Waals surface area contributed by atoms with E-state index in [-0.39, 0.29) is 0 Å². The maximum atomic E-state index is 5.49. The number of para-hydroxylation sites is 1. The van der Waals surface area contributed by atoms with Crippen LogP contribution in [0.5, 0.6) is 5.75 Å². The minimum atomic E-state index is 0.679. The van der Waals surface area contributed by atoms with E-state index in [0.717, 1.165) is 22.3 Å². The molecule has 0 saturated heterocycles. The predicted octanol–water partition coefficient (Wildman–Crippen LogP) is 3.42. The molecule has 0 spiro atoms. The second-order valence-corrected chi connectivity index (χ2v) is 4.06. The van der Waals surface area contributed by atoms with Crippen molar-refractivity contribution in [2.75, 3.05) is 6.61 Å². The molecule has 0 unspecified atom stereocenters. The van der Waals surface area contributed by atoms with Crippen LogP contribution in [0.1, 0.15) is 6.92 Å². The summed E-state index contributed by atoms with van der Waals surface area (Å²) in [6, 6.07) is 16.0. The molecule has 0 atom stereocenters. The van der Waals surface area contributed by atoms with E-state index in [1.807, 2.05) is 66.3 Å². The Labute approximate surface area is 106 Å². The van der Waals surface area contributed by atoms with Crippen molar-refractivity contribution >= 4 is 10.9 Å². The molecule has 0 bridgehead atoms. The van der Waals surface area contributed by atoms with Gasteiger partial charge in [0.2, 0.25) is 0 Å². The van der Waals surface area contributed by atoms with Gasteiger partial charge in [-0.2, -0.15) is 5.10 Å². The zero-order valence-electron chi connectivity index (χ0n) is 10.2. The summed E-state index contributed by atoms with van der Waals surface area (Å²) in [6.07, 6.45) is 2.02. The first-order valence-corrected chi connectivity index (χ1v) is 6.04. The van der Waals surface area contributed by atoms with Gasteiger partial charge in [0.05, 0.1) is 17.8 Å². The lowest BCUT2D eigenvalue weighted by atomic mass is 10.2. The lowest BCUT2D eigenvalue weighted by Crippen LogP contribution is -1.92. The molecule has 0 radical (unpaired) electrons. The van der Waals surface area contributed by atoms with E-state index < -0.39 is 0 Å². The SMILES string of the molecule is CCOc1ccc2nn(-c3ccccc3)cc2c1. The van der Waals surface area contributed by atoms with E-state index in [9.17, 15) is 0 Å². The van der Waals surface area contributed by atoms with Crippen molar-refractivity contribution in [1.29, 1.82) is 0 Å². The fraction of sp³-hybridized carbons (Fsp3) is 0.133. The van der Waals surface area contributed by atoms with Crippen LogP contribution in [-0.4, -0.2) is 16.4 Å². The van der Waals surface area contributed by atoms with Gasteiger partial charge in [0.15, 0.2) is 0 Å². The van der Waals surface area contributed by atoms with Crippen LogP contribution in [0.3, 0.4) is 0 Å². The second-order valence-electron chi connectivity index (χ2n) is 4.06. The summed E-state index contributed by atoms with van der Waals surface area (Å²) in [7, 11) is 0. The molecule has 3 nitrogen and oxygen atoms in total. The van der Waals surface area contributed by atoms with Gasteiger partial charge in [-0.1, -0.05) is 18.2 Å². The van der Waals surface area contributed by atoms with Crippen LogP contribution in [0.25, 0.3) is 16.6 Å². The minimum Gasteiger partial charge on any atom is -0.494 e. The molecule has 3 aromatic rings. The Hall–Kier alpha value is -2.29. The monoisotopic (exact) mass is 238 g/mol. The Morgan fingerprint density at radius 3 is 2.72 bits per heavy atom. The van der Waals surface area contributed by atoms with Crippen molar-refractivity contribution in [3.8, 4) is 11.4 Å². The summed E-state index contributed by atoms with van der Waals surface area (Å²) in [5, 5.41) is 5.63. The number of ether oxygens (including phenoxy) is 1. The maximum absolute atomic E-state index is 5.49. The number of rotatable bonds is 3. The third-order valence-electron chi connectivity index (χ3n) is 2.81. The van der Waals surface area contributed by atoms with E-state index in [0.29, 0.717) is 6.61 Å². The minimum absolute atomic E-state index is 0.679. The van der Waals surface area contributed by atoms with Crippen LogP contribution >= 0.6 is 0 Å². The first-order chi connectivity index (χ1) is 8.86. The normalized spacial score (nSPS) is 10.7. The van der Waals surface area contributed by atoms with E-state index in [1.54, 1.807) is 0 Å². The molecule has 3 heteroatoms. The molecule has 2 aromatic carbocycles. The van der Waals surface area contributed by atoms with E-state index in [2.05, 4.69) is 5.10 Å². The van der Waals surface area contributed by atoms with Crippen LogP contribution in [0.4, 0.5) is 0 Å². The molecule has 0 N–H and O–H groups in total. The molecule has 0 fully saturated rings. The smallest absolute Gasteiger partial charge is 0.120 e. The second kappa shape index (κ2) is 4.53. The Kier molecular flexibility index (Phi) is 2.73. The Balaban J connectivity index is 2.06. The first-order valence-electron chi connectivity index (χ1n) is 6.04. The zero-order valence-corrected chi connectivity index (χ0v) is 10.2. The summed E-state index contributed by atoms with van der Waals surface area (Å²) >= 11 is 0. The fourth-order valence-electron chi connectivity index (χ4n) is 1.97. The molecule has 3 rings (SSSR count). The van der Waals surface area contributed by atoms with Crippen LogP contribution in [0.2, 0.25) is 0 Å². The van der Waals surface area contributed by atoms with Crippen molar-refractivity contribution < 1.29 is 4.74 Å². The van der Waals surface area contributed by atoms with E-state index in [4.69, 9.17) is 4.74 Å². The summed E-state index contributed by atoms with van der Waals surface area (Å²) in [6.45, 7) is 2.66. The molecule has 0 aliphatic carbocycles. The number of hydrogen-bond acceptors (Lipinski definition) is 2.